The summed E-state index contributed by atoms with van der Waals surface area (Å²) in [6.45, 7) is 11.4. The van der Waals surface area contributed by atoms with Crippen LogP contribution in [0.2, 0.25) is 5.02 Å². The zero-order valence-corrected chi connectivity index (χ0v) is 17.8. The molecule has 3 aromatic rings. The number of hydrogen-bond acceptors (Lipinski definition) is 4. The zero-order valence-electron chi connectivity index (χ0n) is 17.1. The average Bonchev–Trinajstić information content (AvgIpc) is 3.08. The molecule has 0 unspecified atom stereocenters. The van der Waals surface area contributed by atoms with Crippen molar-refractivity contribution in [3.05, 3.63) is 58.3 Å². The second-order valence-electron chi connectivity index (χ2n) is 7.55. The van der Waals surface area contributed by atoms with Gasteiger partial charge in [-0.05, 0) is 50.2 Å². The number of para-hydroxylation sites is 1. The number of piperazine rings is 1. The topological polar surface area (TPSA) is 48.7 Å². The average molecular weight is 412 g/mol. The minimum atomic E-state index is -0.262. The SMILES string of the molecule is CCN1CCN(c2ccc(NC(=O)c3oc4c(Cl)cccc4c3C)c(C)c2)CC1. The Morgan fingerprint density at radius 1 is 1.14 bits per heavy atom. The zero-order chi connectivity index (χ0) is 20.5. The van der Waals surface area contributed by atoms with Crippen molar-refractivity contribution in [2.45, 2.75) is 20.8 Å². The van der Waals surface area contributed by atoms with Crippen LogP contribution in [0.3, 0.4) is 0 Å². The van der Waals surface area contributed by atoms with Crippen LogP contribution in [0.25, 0.3) is 11.0 Å². The summed E-state index contributed by atoms with van der Waals surface area (Å²) in [5, 5.41) is 4.36. The fourth-order valence-corrected chi connectivity index (χ4v) is 4.12. The first kappa shape index (κ1) is 19.8. The van der Waals surface area contributed by atoms with Crippen molar-refractivity contribution in [1.82, 2.24) is 4.90 Å². The van der Waals surface area contributed by atoms with Gasteiger partial charge in [-0.15, -0.1) is 0 Å². The van der Waals surface area contributed by atoms with Crippen molar-refractivity contribution in [1.29, 1.82) is 0 Å². The molecule has 0 atom stereocenters. The highest BCUT2D eigenvalue weighted by Gasteiger charge is 2.20. The van der Waals surface area contributed by atoms with Gasteiger partial charge in [0.15, 0.2) is 11.3 Å². The smallest absolute Gasteiger partial charge is 0.291 e. The largest absolute Gasteiger partial charge is 0.449 e. The first-order valence-corrected chi connectivity index (χ1v) is 10.4. The Labute approximate surface area is 176 Å². The van der Waals surface area contributed by atoms with E-state index in [1.54, 1.807) is 6.07 Å². The van der Waals surface area contributed by atoms with Crippen LogP contribution in [0, 0.1) is 13.8 Å². The number of carbonyl (C=O) groups is 1. The van der Waals surface area contributed by atoms with Gasteiger partial charge in [0, 0.05) is 48.5 Å². The fraction of sp³-hybridized carbons (Fsp3) is 0.348. The summed E-state index contributed by atoms with van der Waals surface area (Å²) in [4.78, 5) is 17.7. The second kappa shape index (κ2) is 8.09. The molecule has 0 spiro atoms. The summed E-state index contributed by atoms with van der Waals surface area (Å²) in [6, 6.07) is 11.7. The van der Waals surface area contributed by atoms with Crippen LogP contribution in [0.4, 0.5) is 11.4 Å². The Morgan fingerprint density at radius 3 is 2.55 bits per heavy atom. The van der Waals surface area contributed by atoms with Crippen molar-refractivity contribution < 1.29 is 9.21 Å². The number of rotatable bonds is 4. The van der Waals surface area contributed by atoms with Gasteiger partial charge in [-0.3, -0.25) is 4.79 Å². The molecule has 1 N–H and O–H groups in total. The maximum absolute atomic E-state index is 12.9. The molecule has 6 heteroatoms. The van der Waals surface area contributed by atoms with Gasteiger partial charge in [-0.1, -0.05) is 30.7 Å². The molecule has 0 saturated carbocycles. The van der Waals surface area contributed by atoms with Gasteiger partial charge in [-0.2, -0.15) is 0 Å². The van der Waals surface area contributed by atoms with E-state index in [1.165, 1.54) is 5.69 Å². The van der Waals surface area contributed by atoms with Crippen molar-refractivity contribution >= 4 is 39.9 Å². The Hall–Kier alpha value is -2.50. The molecule has 1 saturated heterocycles. The number of halogens is 1. The van der Waals surface area contributed by atoms with Crippen LogP contribution >= 0.6 is 11.6 Å². The highest BCUT2D eigenvalue weighted by Crippen LogP contribution is 2.31. The minimum Gasteiger partial charge on any atom is -0.449 e. The van der Waals surface area contributed by atoms with Gasteiger partial charge < -0.3 is 19.5 Å². The summed E-state index contributed by atoms with van der Waals surface area (Å²) in [6.07, 6.45) is 0. The number of nitrogens with zero attached hydrogens (tertiary/aromatic N) is 2. The lowest BCUT2D eigenvalue weighted by molar-refractivity contribution is 0.0998. The van der Waals surface area contributed by atoms with E-state index < -0.39 is 0 Å². The summed E-state index contributed by atoms with van der Waals surface area (Å²) in [5.74, 6) is 0.0365. The van der Waals surface area contributed by atoms with Gasteiger partial charge in [-0.25, -0.2) is 0 Å². The van der Waals surface area contributed by atoms with E-state index >= 15 is 0 Å². The molecule has 0 bridgehead atoms. The molecule has 29 heavy (non-hydrogen) atoms. The molecule has 1 amide bonds. The molecule has 1 aromatic heterocycles. The summed E-state index contributed by atoms with van der Waals surface area (Å²) in [7, 11) is 0. The monoisotopic (exact) mass is 411 g/mol. The predicted molar refractivity (Wildman–Crippen MR) is 119 cm³/mol. The third kappa shape index (κ3) is 3.85. The van der Waals surface area contributed by atoms with Crippen LogP contribution < -0.4 is 10.2 Å². The molecule has 0 radical (unpaired) electrons. The van der Waals surface area contributed by atoms with Crippen LogP contribution in [0.1, 0.15) is 28.6 Å². The van der Waals surface area contributed by atoms with Gasteiger partial charge in [0.1, 0.15) is 0 Å². The molecule has 5 nitrogen and oxygen atoms in total. The van der Waals surface area contributed by atoms with E-state index in [9.17, 15) is 4.79 Å². The van der Waals surface area contributed by atoms with Crippen molar-refractivity contribution in [3.8, 4) is 0 Å². The van der Waals surface area contributed by atoms with Gasteiger partial charge in [0.2, 0.25) is 0 Å². The van der Waals surface area contributed by atoms with Crippen LogP contribution in [-0.4, -0.2) is 43.5 Å². The molecule has 1 fully saturated rings. The fourth-order valence-electron chi connectivity index (χ4n) is 3.91. The van der Waals surface area contributed by atoms with Crippen LogP contribution in [0.15, 0.2) is 40.8 Å². The molecule has 2 heterocycles. The van der Waals surface area contributed by atoms with Crippen molar-refractivity contribution in [2.75, 3.05) is 42.9 Å². The lowest BCUT2D eigenvalue weighted by Gasteiger charge is -2.35. The van der Waals surface area contributed by atoms with E-state index in [0.717, 1.165) is 54.9 Å². The van der Waals surface area contributed by atoms with E-state index in [2.05, 4.69) is 34.2 Å². The number of nitrogens with one attached hydrogen (secondary N) is 1. The highest BCUT2D eigenvalue weighted by molar-refractivity contribution is 6.35. The molecular weight excluding hydrogens is 386 g/mol. The number of carbonyl (C=O) groups excluding carboxylic acids is 1. The maximum atomic E-state index is 12.9. The van der Waals surface area contributed by atoms with E-state index in [0.29, 0.717) is 16.4 Å². The number of hydrogen-bond donors (Lipinski definition) is 1. The Bertz CT molecular complexity index is 1050. The van der Waals surface area contributed by atoms with Crippen molar-refractivity contribution in [2.24, 2.45) is 0 Å². The van der Waals surface area contributed by atoms with Gasteiger partial charge in [0.05, 0.1) is 5.02 Å². The predicted octanol–water partition coefficient (Wildman–Crippen LogP) is 5.10. The molecule has 152 valence electrons. The Balaban J connectivity index is 1.52. The number of likely N-dealkylation sites (N-methyl/N-ethyl adjacent to an activating group) is 1. The maximum Gasteiger partial charge on any atom is 0.291 e. The second-order valence-corrected chi connectivity index (χ2v) is 7.95. The third-order valence-corrected chi connectivity index (χ3v) is 6.06. The first-order chi connectivity index (χ1) is 14.0. The summed E-state index contributed by atoms with van der Waals surface area (Å²) < 4.78 is 5.79. The van der Waals surface area contributed by atoms with E-state index in [1.807, 2.05) is 32.0 Å². The minimum absolute atomic E-state index is 0.262. The molecule has 1 aliphatic heterocycles. The van der Waals surface area contributed by atoms with Gasteiger partial charge >= 0.3 is 0 Å². The number of benzene rings is 2. The standard InChI is InChI=1S/C23H26ClN3O2/c1-4-26-10-12-27(13-11-26)17-8-9-20(15(2)14-17)25-23(28)21-16(3)18-6-5-7-19(24)22(18)29-21/h5-9,14H,4,10-13H2,1-3H3,(H,25,28). The lowest BCUT2D eigenvalue weighted by atomic mass is 10.1. The van der Waals surface area contributed by atoms with Crippen molar-refractivity contribution in [3.63, 3.8) is 0 Å². The Morgan fingerprint density at radius 2 is 1.90 bits per heavy atom. The lowest BCUT2D eigenvalue weighted by Crippen LogP contribution is -2.46. The molecule has 1 aliphatic rings. The highest BCUT2D eigenvalue weighted by atomic mass is 35.5. The van der Waals surface area contributed by atoms with E-state index in [4.69, 9.17) is 16.0 Å². The number of anilines is 2. The molecule has 0 aliphatic carbocycles. The molecule has 2 aromatic carbocycles. The molecular formula is C23H26ClN3O2. The number of aryl methyl sites for hydroxylation is 2. The van der Waals surface area contributed by atoms with Crippen LogP contribution in [-0.2, 0) is 0 Å². The Kier molecular flexibility index (Phi) is 5.52. The quantitative estimate of drug-likeness (QED) is 0.649. The van der Waals surface area contributed by atoms with Gasteiger partial charge in [0.25, 0.3) is 5.91 Å². The normalized spacial score (nSPS) is 15.1. The number of amides is 1. The molecule has 4 rings (SSSR count). The third-order valence-electron chi connectivity index (χ3n) is 5.76. The number of furan rings is 1. The van der Waals surface area contributed by atoms with E-state index in [-0.39, 0.29) is 5.91 Å². The number of fused-ring (bicyclic) bond motifs is 1. The first-order valence-electron chi connectivity index (χ1n) is 10.0. The summed E-state index contributed by atoms with van der Waals surface area (Å²) >= 11 is 6.21. The van der Waals surface area contributed by atoms with Crippen LogP contribution in [0.5, 0.6) is 0 Å². The summed E-state index contributed by atoms with van der Waals surface area (Å²) in [5.41, 5.74) is 4.36.